The van der Waals surface area contributed by atoms with E-state index in [1.807, 2.05) is 6.07 Å². The van der Waals surface area contributed by atoms with Crippen molar-refractivity contribution in [1.82, 2.24) is 10.2 Å². The van der Waals surface area contributed by atoms with Crippen molar-refractivity contribution in [2.75, 3.05) is 33.9 Å². The van der Waals surface area contributed by atoms with Gasteiger partial charge in [-0.1, -0.05) is 36.4 Å². The zero-order valence-electron chi connectivity index (χ0n) is 13.8. The molecule has 1 atom stereocenters. The van der Waals surface area contributed by atoms with Crippen molar-refractivity contribution in [2.24, 2.45) is 0 Å². The Morgan fingerprint density at radius 1 is 1.04 bits per heavy atom. The molecule has 0 bridgehead atoms. The maximum atomic E-state index is 5.42. The van der Waals surface area contributed by atoms with Gasteiger partial charge in [-0.3, -0.25) is 4.90 Å². The second-order valence-corrected chi connectivity index (χ2v) is 5.79. The fourth-order valence-electron chi connectivity index (χ4n) is 3.15. The Bertz CT molecular complexity index is 631. The van der Waals surface area contributed by atoms with Crippen molar-refractivity contribution in [3.63, 3.8) is 0 Å². The van der Waals surface area contributed by atoms with E-state index in [-0.39, 0.29) is 0 Å². The summed E-state index contributed by atoms with van der Waals surface area (Å²) in [6.45, 7) is 3.95. The van der Waals surface area contributed by atoms with Gasteiger partial charge < -0.3 is 14.8 Å². The molecular formula is C19H24N2O2. The van der Waals surface area contributed by atoms with Crippen molar-refractivity contribution >= 4 is 0 Å². The van der Waals surface area contributed by atoms with Crippen LogP contribution in [0.25, 0.3) is 0 Å². The fraction of sp³-hybridized carbons (Fsp3) is 0.368. The van der Waals surface area contributed by atoms with Gasteiger partial charge in [-0.2, -0.15) is 0 Å². The highest BCUT2D eigenvalue weighted by atomic mass is 16.5. The Balaban J connectivity index is 1.79. The first kappa shape index (κ1) is 15.8. The van der Waals surface area contributed by atoms with Crippen molar-refractivity contribution in [2.45, 2.75) is 12.6 Å². The molecule has 122 valence electrons. The van der Waals surface area contributed by atoms with Gasteiger partial charge in [0, 0.05) is 32.2 Å². The van der Waals surface area contributed by atoms with Gasteiger partial charge in [-0.25, -0.2) is 0 Å². The van der Waals surface area contributed by atoms with Crippen molar-refractivity contribution in [3.8, 4) is 11.5 Å². The van der Waals surface area contributed by atoms with Gasteiger partial charge in [0.05, 0.1) is 14.2 Å². The summed E-state index contributed by atoms with van der Waals surface area (Å²) < 4.78 is 10.7. The van der Waals surface area contributed by atoms with E-state index in [1.54, 1.807) is 14.2 Å². The number of piperazine rings is 1. The summed E-state index contributed by atoms with van der Waals surface area (Å²) >= 11 is 0. The van der Waals surface area contributed by atoms with Crippen LogP contribution < -0.4 is 14.8 Å². The molecule has 4 heteroatoms. The third-order valence-corrected chi connectivity index (χ3v) is 4.37. The summed E-state index contributed by atoms with van der Waals surface area (Å²) in [5.74, 6) is 1.56. The van der Waals surface area contributed by atoms with E-state index >= 15 is 0 Å². The second-order valence-electron chi connectivity index (χ2n) is 5.79. The summed E-state index contributed by atoms with van der Waals surface area (Å²) in [4.78, 5) is 2.52. The molecular weight excluding hydrogens is 288 g/mol. The Kier molecular flexibility index (Phi) is 5.16. The molecule has 0 radical (unpaired) electrons. The Hall–Kier alpha value is -2.04. The van der Waals surface area contributed by atoms with Gasteiger partial charge in [0.15, 0.2) is 11.5 Å². The Morgan fingerprint density at radius 3 is 2.57 bits per heavy atom. The second kappa shape index (κ2) is 7.49. The molecule has 0 saturated carbocycles. The summed E-state index contributed by atoms with van der Waals surface area (Å²) in [5, 5.41) is 3.50. The van der Waals surface area contributed by atoms with E-state index in [0.717, 1.165) is 37.7 Å². The number of methoxy groups -OCH3 is 2. The molecule has 1 N–H and O–H groups in total. The SMILES string of the molecule is COc1ccc(CN2CCNCC2c2ccccc2)cc1OC. The standard InChI is InChI=1S/C19H24N2O2/c1-22-18-9-8-15(12-19(18)23-2)14-21-11-10-20-13-17(21)16-6-4-3-5-7-16/h3-9,12,17,20H,10-11,13-14H2,1-2H3. The third kappa shape index (κ3) is 3.66. The maximum Gasteiger partial charge on any atom is 0.161 e. The van der Waals surface area contributed by atoms with Crippen LogP contribution in [0.5, 0.6) is 11.5 Å². The van der Waals surface area contributed by atoms with E-state index in [1.165, 1.54) is 11.1 Å². The lowest BCUT2D eigenvalue weighted by molar-refractivity contribution is 0.153. The highest BCUT2D eigenvalue weighted by Crippen LogP contribution is 2.30. The molecule has 4 nitrogen and oxygen atoms in total. The summed E-state index contributed by atoms with van der Waals surface area (Å²) in [6.07, 6.45) is 0. The summed E-state index contributed by atoms with van der Waals surface area (Å²) in [6, 6.07) is 17.3. The predicted octanol–water partition coefficient (Wildman–Crippen LogP) is 2.85. The van der Waals surface area contributed by atoms with Crippen molar-refractivity contribution in [3.05, 3.63) is 59.7 Å². The smallest absolute Gasteiger partial charge is 0.161 e. The van der Waals surface area contributed by atoms with Gasteiger partial charge in [-0.15, -0.1) is 0 Å². The molecule has 1 unspecified atom stereocenters. The number of benzene rings is 2. The monoisotopic (exact) mass is 312 g/mol. The maximum absolute atomic E-state index is 5.42. The lowest BCUT2D eigenvalue weighted by Crippen LogP contribution is -2.45. The molecule has 1 saturated heterocycles. The number of nitrogens with one attached hydrogen (secondary N) is 1. The van der Waals surface area contributed by atoms with Crippen LogP contribution in [-0.2, 0) is 6.54 Å². The quantitative estimate of drug-likeness (QED) is 0.920. The molecule has 23 heavy (non-hydrogen) atoms. The highest BCUT2D eigenvalue weighted by molar-refractivity contribution is 5.43. The molecule has 3 rings (SSSR count). The largest absolute Gasteiger partial charge is 0.493 e. The molecule has 0 spiro atoms. The van der Waals surface area contributed by atoms with Gasteiger partial charge in [-0.05, 0) is 23.3 Å². The molecule has 2 aromatic carbocycles. The van der Waals surface area contributed by atoms with E-state index in [9.17, 15) is 0 Å². The summed E-state index contributed by atoms with van der Waals surface area (Å²) in [7, 11) is 3.35. The van der Waals surface area contributed by atoms with Crippen LogP contribution in [0.1, 0.15) is 17.2 Å². The number of hydrogen-bond donors (Lipinski definition) is 1. The first-order valence-corrected chi connectivity index (χ1v) is 8.02. The van der Waals surface area contributed by atoms with Gasteiger partial charge >= 0.3 is 0 Å². The van der Waals surface area contributed by atoms with E-state index in [0.29, 0.717) is 6.04 Å². The van der Waals surface area contributed by atoms with Crippen LogP contribution in [0.4, 0.5) is 0 Å². The molecule has 1 heterocycles. The van der Waals surface area contributed by atoms with Crippen molar-refractivity contribution < 1.29 is 9.47 Å². The lowest BCUT2D eigenvalue weighted by Gasteiger charge is -2.36. The van der Waals surface area contributed by atoms with E-state index < -0.39 is 0 Å². The molecule has 0 aromatic heterocycles. The Morgan fingerprint density at radius 2 is 1.83 bits per heavy atom. The van der Waals surface area contributed by atoms with Crippen molar-refractivity contribution in [1.29, 1.82) is 0 Å². The minimum absolute atomic E-state index is 0.401. The first-order valence-electron chi connectivity index (χ1n) is 8.02. The number of rotatable bonds is 5. The van der Waals surface area contributed by atoms with Gasteiger partial charge in [0.1, 0.15) is 0 Å². The zero-order valence-corrected chi connectivity index (χ0v) is 13.8. The average molecular weight is 312 g/mol. The molecule has 1 aliphatic heterocycles. The predicted molar refractivity (Wildman–Crippen MR) is 92.0 cm³/mol. The van der Waals surface area contributed by atoms with Crippen LogP contribution in [0, 0.1) is 0 Å². The number of ether oxygens (including phenoxy) is 2. The minimum Gasteiger partial charge on any atom is -0.493 e. The Labute approximate surface area is 138 Å². The molecule has 0 amide bonds. The number of hydrogen-bond acceptors (Lipinski definition) is 4. The van der Waals surface area contributed by atoms with Gasteiger partial charge in [0.2, 0.25) is 0 Å². The van der Waals surface area contributed by atoms with Crippen LogP contribution in [0.3, 0.4) is 0 Å². The third-order valence-electron chi connectivity index (χ3n) is 4.37. The van der Waals surface area contributed by atoms with Crippen LogP contribution in [-0.4, -0.2) is 38.8 Å². The van der Waals surface area contributed by atoms with E-state index in [4.69, 9.17) is 9.47 Å². The summed E-state index contributed by atoms with van der Waals surface area (Å²) in [5.41, 5.74) is 2.60. The molecule has 1 fully saturated rings. The molecule has 0 aliphatic carbocycles. The average Bonchev–Trinajstić information content (AvgIpc) is 2.63. The van der Waals surface area contributed by atoms with Gasteiger partial charge in [0.25, 0.3) is 0 Å². The minimum atomic E-state index is 0.401. The first-order chi connectivity index (χ1) is 11.3. The fourth-order valence-corrected chi connectivity index (χ4v) is 3.15. The van der Waals surface area contributed by atoms with Crippen LogP contribution in [0.2, 0.25) is 0 Å². The van der Waals surface area contributed by atoms with E-state index in [2.05, 4.69) is 52.7 Å². The number of nitrogens with zero attached hydrogens (tertiary/aromatic N) is 1. The molecule has 1 aliphatic rings. The topological polar surface area (TPSA) is 33.7 Å². The normalized spacial score (nSPS) is 18.6. The molecule has 2 aromatic rings. The van der Waals surface area contributed by atoms with Crippen LogP contribution in [0.15, 0.2) is 48.5 Å². The highest BCUT2D eigenvalue weighted by Gasteiger charge is 2.23. The zero-order chi connectivity index (χ0) is 16.1. The van der Waals surface area contributed by atoms with Crippen LogP contribution >= 0.6 is 0 Å². The lowest BCUT2D eigenvalue weighted by atomic mass is 10.0.